The largest absolute Gasteiger partial charge is 0.355 e. The molecule has 3 aromatic rings. The number of aryl methyl sites for hydroxylation is 1. The van der Waals surface area contributed by atoms with Crippen molar-refractivity contribution in [2.24, 2.45) is 0 Å². The summed E-state index contributed by atoms with van der Waals surface area (Å²) in [6.45, 7) is 3.30. The lowest BCUT2D eigenvalue weighted by atomic mass is 10.2. The van der Waals surface area contributed by atoms with Gasteiger partial charge in [0, 0.05) is 27.8 Å². The van der Waals surface area contributed by atoms with Gasteiger partial charge in [-0.3, -0.25) is 9.59 Å². The SMILES string of the molecule is Cc1ccc(C(=O)NCC(=O)NCCCN2c3ccccc3Sc3ccccc32)s1. The van der Waals surface area contributed by atoms with Crippen molar-refractivity contribution in [2.75, 3.05) is 24.5 Å². The number of carbonyl (C=O) groups excluding carboxylic acids is 2. The van der Waals surface area contributed by atoms with E-state index in [4.69, 9.17) is 0 Å². The Balaban J connectivity index is 1.28. The predicted molar refractivity (Wildman–Crippen MR) is 123 cm³/mol. The van der Waals surface area contributed by atoms with Gasteiger partial charge in [-0.2, -0.15) is 0 Å². The molecular formula is C23H23N3O2S2. The molecule has 4 rings (SSSR count). The molecular weight excluding hydrogens is 414 g/mol. The van der Waals surface area contributed by atoms with Crippen molar-refractivity contribution < 1.29 is 9.59 Å². The lowest BCUT2D eigenvalue weighted by molar-refractivity contribution is -0.120. The van der Waals surface area contributed by atoms with E-state index < -0.39 is 0 Å². The summed E-state index contributed by atoms with van der Waals surface area (Å²) in [4.78, 5) is 30.6. The topological polar surface area (TPSA) is 61.4 Å². The molecule has 0 radical (unpaired) electrons. The summed E-state index contributed by atoms with van der Waals surface area (Å²) in [5.74, 6) is -0.381. The second-order valence-electron chi connectivity index (χ2n) is 6.99. The Hall–Kier alpha value is -2.77. The zero-order valence-electron chi connectivity index (χ0n) is 16.7. The van der Waals surface area contributed by atoms with Crippen molar-refractivity contribution in [3.63, 3.8) is 0 Å². The Morgan fingerprint density at radius 1 is 0.900 bits per heavy atom. The number of hydrogen-bond acceptors (Lipinski definition) is 5. The number of amides is 2. The number of thiophene rings is 1. The van der Waals surface area contributed by atoms with Crippen LogP contribution in [-0.2, 0) is 4.79 Å². The number of anilines is 2. The van der Waals surface area contributed by atoms with Crippen LogP contribution in [0.5, 0.6) is 0 Å². The zero-order chi connectivity index (χ0) is 20.9. The Kier molecular flexibility index (Phi) is 6.40. The number of rotatable bonds is 7. The fourth-order valence-corrected chi connectivity index (χ4v) is 5.23. The summed E-state index contributed by atoms with van der Waals surface area (Å²) in [5.41, 5.74) is 2.40. The molecule has 0 unspecified atom stereocenters. The average molecular weight is 438 g/mol. The second kappa shape index (κ2) is 9.36. The molecule has 30 heavy (non-hydrogen) atoms. The first kappa shape index (κ1) is 20.5. The van der Waals surface area contributed by atoms with Gasteiger partial charge in [0.1, 0.15) is 0 Å². The third kappa shape index (κ3) is 4.68. The van der Waals surface area contributed by atoms with Crippen molar-refractivity contribution in [1.82, 2.24) is 10.6 Å². The molecule has 1 aliphatic heterocycles. The summed E-state index contributed by atoms with van der Waals surface area (Å²) in [7, 11) is 0. The van der Waals surface area contributed by atoms with Crippen LogP contribution in [0.2, 0.25) is 0 Å². The number of nitrogens with one attached hydrogen (secondary N) is 2. The molecule has 7 heteroatoms. The molecule has 0 fully saturated rings. The van der Waals surface area contributed by atoms with Crippen molar-refractivity contribution in [2.45, 2.75) is 23.1 Å². The average Bonchev–Trinajstić information content (AvgIpc) is 3.20. The Morgan fingerprint density at radius 3 is 2.20 bits per heavy atom. The molecule has 0 aliphatic carbocycles. The lowest BCUT2D eigenvalue weighted by Crippen LogP contribution is -2.37. The van der Waals surface area contributed by atoms with E-state index in [0.717, 1.165) is 17.8 Å². The van der Waals surface area contributed by atoms with E-state index in [1.165, 1.54) is 32.5 Å². The molecule has 0 saturated carbocycles. The van der Waals surface area contributed by atoms with Gasteiger partial charge in [-0.05, 0) is 49.7 Å². The highest BCUT2D eigenvalue weighted by molar-refractivity contribution is 7.99. The molecule has 2 heterocycles. The van der Waals surface area contributed by atoms with Crippen molar-refractivity contribution >= 4 is 46.3 Å². The highest BCUT2D eigenvalue weighted by atomic mass is 32.2. The number of benzene rings is 2. The predicted octanol–water partition coefficient (Wildman–Crippen LogP) is 4.60. The van der Waals surface area contributed by atoms with Crippen LogP contribution in [0, 0.1) is 6.92 Å². The normalized spacial score (nSPS) is 12.1. The maximum atomic E-state index is 12.1. The highest BCUT2D eigenvalue weighted by Crippen LogP contribution is 2.47. The molecule has 1 aliphatic rings. The fourth-order valence-electron chi connectivity index (χ4n) is 3.35. The van der Waals surface area contributed by atoms with E-state index in [9.17, 15) is 9.59 Å². The maximum Gasteiger partial charge on any atom is 0.261 e. The first-order valence-electron chi connectivity index (χ1n) is 9.86. The van der Waals surface area contributed by atoms with Crippen LogP contribution in [0.4, 0.5) is 11.4 Å². The molecule has 0 saturated heterocycles. The maximum absolute atomic E-state index is 12.1. The quantitative estimate of drug-likeness (QED) is 0.531. The van der Waals surface area contributed by atoms with E-state index in [-0.39, 0.29) is 18.4 Å². The van der Waals surface area contributed by atoms with Gasteiger partial charge >= 0.3 is 0 Å². The van der Waals surface area contributed by atoms with Gasteiger partial charge in [-0.1, -0.05) is 36.0 Å². The smallest absolute Gasteiger partial charge is 0.261 e. The Labute approximate surface area is 184 Å². The minimum absolute atomic E-state index is 0.0121. The molecule has 0 atom stereocenters. The fraction of sp³-hybridized carbons (Fsp3) is 0.217. The van der Waals surface area contributed by atoms with E-state index in [1.54, 1.807) is 17.8 Å². The van der Waals surface area contributed by atoms with Gasteiger partial charge in [0.05, 0.1) is 22.8 Å². The van der Waals surface area contributed by atoms with E-state index in [1.807, 2.05) is 13.0 Å². The summed E-state index contributed by atoms with van der Waals surface area (Å²) < 4.78 is 0. The van der Waals surface area contributed by atoms with Crippen LogP contribution >= 0.6 is 23.1 Å². The standard InChI is InChI=1S/C23H23N3O2S2/c1-16-11-12-21(29-16)23(28)25-15-22(27)24-13-6-14-26-17-7-2-4-9-19(17)30-20-10-5-3-8-18(20)26/h2-5,7-12H,6,13-15H2,1H3,(H,24,27)(H,25,28). The first-order valence-corrected chi connectivity index (χ1v) is 11.5. The molecule has 2 N–H and O–H groups in total. The first-order chi connectivity index (χ1) is 14.6. The molecule has 154 valence electrons. The Bertz CT molecular complexity index is 1020. The van der Waals surface area contributed by atoms with Gasteiger partial charge in [-0.15, -0.1) is 11.3 Å². The van der Waals surface area contributed by atoms with Gasteiger partial charge in [0.2, 0.25) is 5.91 Å². The van der Waals surface area contributed by atoms with Crippen LogP contribution < -0.4 is 15.5 Å². The third-order valence-electron chi connectivity index (χ3n) is 4.79. The lowest BCUT2D eigenvalue weighted by Gasteiger charge is -2.32. The molecule has 0 bridgehead atoms. The van der Waals surface area contributed by atoms with Crippen LogP contribution in [-0.4, -0.2) is 31.4 Å². The van der Waals surface area contributed by atoms with Crippen molar-refractivity contribution in [3.8, 4) is 0 Å². The van der Waals surface area contributed by atoms with Gasteiger partial charge in [0.15, 0.2) is 0 Å². The molecule has 5 nitrogen and oxygen atoms in total. The second-order valence-corrected chi connectivity index (χ2v) is 9.36. The monoisotopic (exact) mass is 437 g/mol. The Morgan fingerprint density at radius 2 is 1.57 bits per heavy atom. The van der Waals surface area contributed by atoms with Crippen molar-refractivity contribution in [3.05, 3.63) is 70.4 Å². The summed E-state index contributed by atoms with van der Waals surface area (Å²) in [5, 5.41) is 5.57. The van der Waals surface area contributed by atoms with Crippen LogP contribution in [0.15, 0.2) is 70.5 Å². The third-order valence-corrected chi connectivity index (χ3v) is 6.92. The van der Waals surface area contributed by atoms with Crippen LogP contribution in [0.1, 0.15) is 21.0 Å². The van der Waals surface area contributed by atoms with Crippen LogP contribution in [0.3, 0.4) is 0 Å². The minimum atomic E-state index is -0.206. The molecule has 1 aromatic heterocycles. The van der Waals surface area contributed by atoms with Crippen LogP contribution in [0.25, 0.3) is 0 Å². The molecule has 0 spiro atoms. The highest BCUT2D eigenvalue weighted by Gasteiger charge is 2.22. The summed E-state index contributed by atoms with van der Waals surface area (Å²) in [6, 6.07) is 20.5. The number of fused-ring (bicyclic) bond motifs is 2. The number of carbonyl (C=O) groups is 2. The van der Waals surface area contributed by atoms with Gasteiger partial charge in [-0.25, -0.2) is 0 Å². The van der Waals surface area contributed by atoms with E-state index in [2.05, 4.69) is 64.1 Å². The number of nitrogens with zero attached hydrogens (tertiary/aromatic N) is 1. The van der Waals surface area contributed by atoms with Crippen molar-refractivity contribution in [1.29, 1.82) is 0 Å². The zero-order valence-corrected chi connectivity index (χ0v) is 18.3. The molecule has 2 aromatic carbocycles. The molecule has 2 amide bonds. The minimum Gasteiger partial charge on any atom is -0.355 e. The van der Waals surface area contributed by atoms with Gasteiger partial charge < -0.3 is 15.5 Å². The van der Waals surface area contributed by atoms with E-state index in [0.29, 0.717) is 11.4 Å². The number of para-hydroxylation sites is 2. The van der Waals surface area contributed by atoms with E-state index >= 15 is 0 Å². The summed E-state index contributed by atoms with van der Waals surface area (Å²) in [6.07, 6.45) is 0.803. The number of hydrogen-bond donors (Lipinski definition) is 2. The summed E-state index contributed by atoms with van der Waals surface area (Å²) >= 11 is 3.21. The van der Waals surface area contributed by atoms with Gasteiger partial charge in [0.25, 0.3) is 5.91 Å².